The first-order valence-corrected chi connectivity index (χ1v) is 12.1. The Hall–Kier alpha value is -4.05. The van der Waals surface area contributed by atoms with Gasteiger partial charge in [-0.25, -0.2) is 0 Å². The number of hydrogen-bond donors (Lipinski definition) is 1. The number of H-pyrrole nitrogens is 1. The van der Waals surface area contributed by atoms with Crippen molar-refractivity contribution in [2.24, 2.45) is 0 Å². The number of aromatic amines is 1. The molecule has 1 amide bonds. The van der Waals surface area contributed by atoms with Gasteiger partial charge >= 0.3 is 0 Å². The van der Waals surface area contributed by atoms with Gasteiger partial charge in [0.25, 0.3) is 0 Å². The van der Waals surface area contributed by atoms with Crippen molar-refractivity contribution in [2.75, 3.05) is 37.0 Å². The van der Waals surface area contributed by atoms with E-state index in [9.17, 15) is 14.9 Å². The van der Waals surface area contributed by atoms with Crippen molar-refractivity contribution in [1.82, 2.24) is 9.88 Å². The average molecular weight is 468 g/mol. The highest BCUT2D eigenvalue weighted by Crippen LogP contribution is 2.40. The first-order valence-electron chi connectivity index (χ1n) is 12.1. The molecular weight excluding hydrogens is 438 g/mol. The van der Waals surface area contributed by atoms with Crippen LogP contribution in [0, 0.1) is 11.3 Å². The Balaban J connectivity index is 1.20. The van der Waals surface area contributed by atoms with Gasteiger partial charge in [-0.15, -0.1) is 0 Å². The highest BCUT2D eigenvalue weighted by atomic mass is 16.2. The fourth-order valence-electron chi connectivity index (χ4n) is 5.43. The largest absolute Gasteiger partial charge is 0.361 e. The van der Waals surface area contributed by atoms with Gasteiger partial charge in [0.15, 0.2) is 5.78 Å². The molecular formula is C28H29N5O2. The molecule has 178 valence electrons. The Morgan fingerprint density at radius 2 is 1.60 bits per heavy atom. The second kappa shape index (κ2) is 9.30. The number of nitrogens with one attached hydrogen (secondary N) is 1. The van der Waals surface area contributed by atoms with Crippen molar-refractivity contribution in [1.29, 1.82) is 5.26 Å². The molecule has 5 rings (SSSR count). The molecule has 0 aliphatic carbocycles. The van der Waals surface area contributed by atoms with Crippen LogP contribution in [0.3, 0.4) is 0 Å². The maximum atomic E-state index is 13.0. The monoisotopic (exact) mass is 467 g/mol. The molecule has 7 heteroatoms. The average Bonchev–Trinajstić information content (AvgIpc) is 3.43. The van der Waals surface area contributed by atoms with Crippen LogP contribution in [-0.4, -0.2) is 48.8 Å². The second-order valence-corrected chi connectivity index (χ2v) is 9.28. The topological polar surface area (TPSA) is 83.4 Å². The first-order chi connectivity index (χ1) is 17.0. The van der Waals surface area contributed by atoms with Crippen LogP contribution in [0.5, 0.6) is 0 Å². The summed E-state index contributed by atoms with van der Waals surface area (Å²) >= 11 is 0. The quantitative estimate of drug-likeness (QED) is 0.440. The van der Waals surface area contributed by atoms with E-state index < -0.39 is 0 Å². The van der Waals surface area contributed by atoms with Crippen LogP contribution in [0.25, 0.3) is 10.9 Å². The highest BCUT2D eigenvalue weighted by molar-refractivity contribution is 6.03. The standard InChI is InChI=1S/C28H29N5O2/c1-31-24-9-5-6-10-25(24)32(2)28(31)21(17-29)26(34)11-12-27(35)33-15-13-19(14-16-33)22-18-30-23-8-4-3-7-20(22)23/h3-10,18-19,30H,11-16H2,1-2H3. The highest BCUT2D eigenvalue weighted by Gasteiger charge is 2.32. The normalized spacial score (nSPS) is 15.9. The van der Waals surface area contributed by atoms with Crippen LogP contribution >= 0.6 is 0 Å². The molecule has 3 aromatic rings. The van der Waals surface area contributed by atoms with Crippen molar-refractivity contribution >= 4 is 34.0 Å². The summed E-state index contributed by atoms with van der Waals surface area (Å²) in [5, 5.41) is 11.1. The Morgan fingerprint density at radius 3 is 2.26 bits per heavy atom. The summed E-state index contributed by atoms with van der Waals surface area (Å²) in [6.45, 7) is 1.37. The fraction of sp³-hybridized carbons (Fsp3) is 0.321. The number of piperidine rings is 1. The predicted octanol–water partition coefficient (Wildman–Crippen LogP) is 4.54. The Labute approximate surface area is 205 Å². The van der Waals surface area contributed by atoms with Crippen molar-refractivity contribution in [3.63, 3.8) is 0 Å². The van der Waals surface area contributed by atoms with E-state index >= 15 is 0 Å². The first kappa shape index (κ1) is 22.7. The number of fused-ring (bicyclic) bond motifs is 2. The van der Waals surface area contributed by atoms with E-state index in [2.05, 4.69) is 35.4 Å². The molecule has 0 saturated carbocycles. The summed E-state index contributed by atoms with van der Waals surface area (Å²) in [6.07, 6.45) is 4.06. The molecule has 1 N–H and O–H groups in total. The zero-order valence-electron chi connectivity index (χ0n) is 20.1. The van der Waals surface area contributed by atoms with Crippen LogP contribution in [-0.2, 0) is 9.59 Å². The molecule has 3 heterocycles. The number of rotatable bonds is 5. The van der Waals surface area contributed by atoms with Gasteiger partial charge in [-0.2, -0.15) is 5.26 Å². The second-order valence-electron chi connectivity index (χ2n) is 9.28. The lowest BCUT2D eigenvalue weighted by atomic mass is 9.89. The third-order valence-corrected chi connectivity index (χ3v) is 7.33. The zero-order valence-corrected chi connectivity index (χ0v) is 20.1. The molecule has 1 aromatic heterocycles. The minimum Gasteiger partial charge on any atom is -0.361 e. The minimum atomic E-state index is -0.295. The molecule has 0 atom stereocenters. The van der Waals surface area contributed by atoms with E-state index in [1.54, 1.807) is 0 Å². The number of hydrogen-bond acceptors (Lipinski definition) is 5. The van der Waals surface area contributed by atoms with E-state index in [0.29, 0.717) is 24.8 Å². The van der Waals surface area contributed by atoms with E-state index in [-0.39, 0.29) is 30.1 Å². The molecule has 7 nitrogen and oxygen atoms in total. The van der Waals surface area contributed by atoms with Gasteiger partial charge < -0.3 is 19.7 Å². The Kier molecular flexibility index (Phi) is 6.04. The zero-order chi connectivity index (χ0) is 24.5. The maximum Gasteiger partial charge on any atom is 0.223 e. The number of anilines is 2. The molecule has 2 aromatic carbocycles. The number of likely N-dealkylation sites (tertiary alicyclic amines) is 1. The number of nitrogens with zero attached hydrogens (tertiary/aromatic N) is 4. The summed E-state index contributed by atoms with van der Waals surface area (Å²) < 4.78 is 0. The van der Waals surface area contributed by atoms with Crippen molar-refractivity contribution in [3.8, 4) is 6.07 Å². The number of ketones is 1. The SMILES string of the molecule is CN1C(=C(C#N)C(=O)CCC(=O)N2CCC(c3c[nH]c4ccccc34)CC2)N(C)c2ccccc21. The number of aromatic nitrogens is 1. The summed E-state index contributed by atoms with van der Waals surface area (Å²) in [6, 6.07) is 18.2. The van der Waals surface area contributed by atoms with Crippen LogP contribution in [0.4, 0.5) is 11.4 Å². The lowest BCUT2D eigenvalue weighted by Crippen LogP contribution is -2.38. The van der Waals surface area contributed by atoms with E-state index in [1.807, 2.05) is 59.1 Å². The smallest absolute Gasteiger partial charge is 0.223 e. The summed E-state index contributed by atoms with van der Waals surface area (Å²) in [5.41, 5.74) is 4.44. The molecule has 2 aliphatic rings. The fourth-order valence-corrected chi connectivity index (χ4v) is 5.43. The Bertz CT molecular complexity index is 1330. The molecule has 0 bridgehead atoms. The number of nitriles is 1. The van der Waals surface area contributed by atoms with Gasteiger partial charge in [0.2, 0.25) is 5.91 Å². The number of allylic oxidation sites excluding steroid dienone is 1. The summed E-state index contributed by atoms with van der Waals surface area (Å²) in [7, 11) is 3.70. The van der Waals surface area contributed by atoms with Crippen LogP contribution < -0.4 is 9.80 Å². The number of Topliss-reactive ketones (excluding diaryl/α,β-unsaturated/α-hetero) is 1. The number of carbonyl (C=O) groups is 2. The van der Waals surface area contributed by atoms with Gasteiger partial charge in [-0.1, -0.05) is 30.3 Å². The molecule has 0 spiro atoms. The van der Waals surface area contributed by atoms with Gasteiger partial charge in [-0.3, -0.25) is 9.59 Å². The van der Waals surface area contributed by atoms with Gasteiger partial charge in [-0.05, 0) is 42.5 Å². The number of benzene rings is 2. The molecule has 2 aliphatic heterocycles. The van der Waals surface area contributed by atoms with E-state index in [0.717, 1.165) is 29.7 Å². The van der Waals surface area contributed by atoms with Crippen molar-refractivity contribution in [2.45, 2.75) is 31.6 Å². The lowest BCUT2D eigenvalue weighted by molar-refractivity contribution is -0.133. The lowest BCUT2D eigenvalue weighted by Gasteiger charge is -2.32. The van der Waals surface area contributed by atoms with Crippen LogP contribution in [0.2, 0.25) is 0 Å². The third-order valence-electron chi connectivity index (χ3n) is 7.33. The molecule has 0 unspecified atom stereocenters. The van der Waals surface area contributed by atoms with Crippen LogP contribution in [0.15, 0.2) is 66.1 Å². The van der Waals surface area contributed by atoms with Gasteiger partial charge in [0, 0.05) is 57.1 Å². The number of amides is 1. The van der Waals surface area contributed by atoms with Gasteiger partial charge in [0.1, 0.15) is 17.5 Å². The third kappa shape index (κ3) is 4.06. The number of carbonyl (C=O) groups excluding carboxylic acids is 2. The van der Waals surface area contributed by atoms with E-state index in [4.69, 9.17) is 0 Å². The maximum absolute atomic E-state index is 13.0. The summed E-state index contributed by atoms with van der Waals surface area (Å²) in [5.74, 6) is 0.665. The van der Waals surface area contributed by atoms with Crippen LogP contribution in [0.1, 0.15) is 37.2 Å². The van der Waals surface area contributed by atoms with Crippen molar-refractivity contribution in [3.05, 3.63) is 71.7 Å². The van der Waals surface area contributed by atoms with Gasteiger partial charge in [0.05, 0.1) is 11.4 Å². The molecule has 35 heavy (non-hydrogen) atoms. The minimum absolute atomic E-state index is 0.0190. The van der Waals surface area contributed by atoms with Crippen molar-refractivity contribution < 1.29 is 9.59 Å². The Morgan fingerprint density at radius 1 is 0.971 bits per heavy atom. The number of para-hydroxylation sites is 3. The predicted molar refractivity (Wildman–Crippen MR) is 137 cm³/mol. The molecule has 1 fully saturated rings. The molecule has 0 radical (unpaired) electrons. The molecule has 1 saturated heterocycles. The summed E-state index contributed by atoms with van der Waals surface area (Å²) in [4.78, 5) is 34.8. The van der Waals surface area contributed by atoms with E-state index in [1.165, 1.54) is 10.9 Å².